The van der Waals surface area contributed by atoms with Gasteiger partial charge in [0.25, 0.3) is 5.91 Å². The van der Waals surface area contributed by atoms with Crippen LogP contribution in [0.5, 0.6) is 0 Å². The Bertz CT molecular complexity index is 1080. The van der Waals surface area contributed by atoms with Gasteiger partial charge in [-0.3, -0.25) is 9.78 Å². The average molecular weight is 432 g/mol. The summed E-state index contributed by atoms with van der Waals surface area (Å²) in [4.78, 5) is 23.0. The van der Waals surface area contributed by atoms with Crippen molar-refractivity contribution in [2.45, 2.75) is 39.2 Å². The van der Waals surface area contributed by atoms with E-state index in [0.29, 0.717) is 29.0 Å². The van der Waals surface area contributed by atoms with Gasteiger partial charge in [0.15, 0.2) is 0 Å². The summed E-state index contributed by atoms with van der Waals surface area (Å²) >= 11 is 0. The van der Waals surface area contributed by atoms with E-state index in [2.05, 4.69) is 9.97 Å². The average Bonchev–Trinajstić information content (AvgIpc) is 2.73. The number of hydrogen-bond donors (Lipinski definition) is 1. The van der Waals surface area contributed by atoms with Gasteiger partial charge in [-0.2, -0.15) is 13.2 Å². The van der Waals surface area contributed by atoms with Gasteiger partial charge in [-0.15, -0.1) is 0 Å². The number of methoxy groups -OCH3 is 1. The molecule has 0 bridgehead atoms. The van der Waals surface area contributed by atoms with Gasteiger partial charge in [0.2, 0.25) is 0 Å². The SMILES string of the molecule is CCC(OC)N(Cc1ccc(C(F)(F)F)cn1)C(=O)c1ccc2nc(N)c(C)cc2c1. The normalized spacial score (nSPS) is 12.7. The van der Waals surface area contributed by atoms with Crippen molar-refractivity contribution < 1.29 is 22.7 Å². The van der Waals surface area contributed by atoms with Gasteiger partial charge in [-0.05, 0) is 55.3 Å². The van der Waals surface area contributed by atoms with Crippen LogP contribution < -0.4 is 5.73 Å². The fraction of sp³-hybridized carbons (Fsp3) is 0.318. The number of aryl methyl sites for hydroxylation is 1. The lowest BCUT2D eigenvalue weighted by Gasteiger charge is -2.30. The first kappa shape index (κ1) is 22.5. The van der Waals surface area contributed by atoms with Crippen molar-refractivity contribution in [3.63, 3.8) is 0 Å². The molecule has 31 heavy (non-hydrogen) atoms. The summed E-state index contributed by atoms with van der Waals surface area (Å²) in [5.74, 6) is 0.0961. The van der Waals surface area contributed by atoms with Crippen LogP contribution in [0.1, 0.15) is 40.5 Å². The number of nitrogen functional groups attached to an aromatic ring is 1. The quantitative estimate of drug-likeness (QED) is 0.578. The monoisotopic (exact) mass is 432 g/mol. The van der Waals surface area contributed by atoms with E-state index in [-0.39, 0.29) is 12.5 Å². The maximum atomic E-state index is 13.3. The summed E-state index contributed by atoms with van der Waals surface area (Å²) in [6, 6.07) is 9.13. The number of hydrogen-bond acceptors (Lipinski definition) is 5. The number of rotatable bonds is 6. The topological polar surface area (TPSA) is 81.3 Å². The number of nitrogens with two attached hydrogens (primary N) is 1. The minimum absolute atomic E-state index is 0.000367. The van der Waals surface area contributed by atoms with E-state index in [1.807, 2.05) is 19.9 Å². The lowest BCUT2D eigenvalue weighted by Crippen LogP contribution is -2.40. The zero-order chi connectivity index (χ0) is 22.8. The number of pyridine rings is 2. The van der Waals surface area contributed by atoms with E-state index in [1.165, 1.54) is 18.1 Å². The van der Waals surface area contributed by atoms with E-state index in [9.17, 15) is 18.0 Å². The molecule has 2 N–H and O–H groups in total. The summed E-state index contributed by atoms with van der Waals surface area (Å²) in [6.07, 6.45) is -3.78. The molecule has 0 aliphatic rings. The Kier molecular flexibility index (Phi) is 6.45. The Morgan fingerprint density at radius 1 is 1.23 bits per heavy atom. The number of ether oxygens (including phenoxy) is 1. The van der Waals surface area contributed by atoms with E-state index >= 15 is 0 Å². The zero-order valence-electron chi connectivity index (χ0n) is 17.4. The molecule has 1 aromatic carbocycles. The molecular formula is C22H23F3N4O2. The molecule has 164 valence electrons. The predicted octanol–water partition coefficient (Wildman–Crippen LogP) is 4.56. The Morgan fingerprint density at radius 3 is 2.55 bits per heavy atom. The molecule has 0 spiro atoms. The standard InChI is InChI=1S/C22H23F3N4O2/c1-4-19(31-3)29(12-17-7-6-16(11-27-17)22(23,24)25)21(30)14-5-8-18-15(10-14)9-13(2)20(26)28-18/h5-11,19H,4,12H2,1-3H3,(H2,26,28). The molecule has 9 heteroatoms. The number of amides is 1. The van der Waals surface area contributed by atoms with E-state index in [0.717, 1.165) is 23.2 Å². The van der Waals surface area contributed by atoms with Crippen LogP contribution in [0, 0.1) is 6.92 Å². The lowest BCUT2D eigenvalue weighted by atomic mass is 10.1. The number of carbonyl (C=O) groups is 1. The Hall–Kier alpha value is -3.20. The third-order valence-electron chi connectivity index (χ3n) is 5.01. The van der Waals surface area contributed by atoms with Crippen molar-refractivity contribution in [1.82, 2.24) is 14.9 Å². The smallest absolute Gasteiger partial charge is 0.383 e. The number of anilines is 1. The molecule has 0 saturated carbocycles. The van der Waals surface area contributed by atoms with Crippen molar-refractivity contribution in [2.75, 3.05) is 12.8 Å². The number of benzene rings is 1. The molecule has 0 radical (unpaired) electrons. The molecule has 3 rings (SSSR count). The van der Waals surface area contributed by atoms with Crippen LogP contribution in [0.25, 0.3) is 10.9 Å². The van der Waals surface area contributed by atoms with E-state index < -0.39 is 18.0 Å². The molecule has 2 aromatic heterocycles. The molecular weight excluding hydrogens is 409 g/mol. The molecule has 6 nitrogen and oxygen atoms in total. The summed E-state index contributed by atoms with van der Waals surface area (Å²) in [6.45, 7) is 3.68. The molecule has 0 fully saturated rings. The van der Waals surface area contributed by atoms with Crippen LogP contribution >= 0.6 is 0 Å². The van der Waals surface area contributed by atoms with Gasteiger partial charge in [0, 0.05) is 24.3 Å². The fourth-order valence-electron chi connectivity index (χ4n) is 3.27. The zero-order valence-corrected chi connectivity index (χ0v) is 17.4. The first-order chi connectivity index (χ1) is 14.6. The summed E-state index contributed by atoms with van der Waals surface area (Å²) in [5, 5.41) is 0.760. The first-order valence-corrected chi connectivity index (χ1v) is 9.66. The third-order valence-corrected chi connectivity index (χ3v) is 5.01. The number of nitrogens with zero attached hydrogens (tertiary/aromatic N) is 3. The molecule has 0 aliphatic carbocycles. The van der Waals surface area contributed by atoms with Crippen molar-refractivity contribution in [3.05, 3.63) is 65.0 Å². The number of fused-ring (bicyclic) bond motifs is 1. The number of alkyl halides is 3. The maximum Gasteiger partial charge on any atom is 0.417 e. The van der Waals surface area contributed by atoms with Gasteiger partial charge in [-0.1, -0.05) is 6.92 Å². The summed E-state index contributed by atoms with van der Waals surface area (Å²) in [5.41, 5.74) is 7.19. The highest BCUT2D eigenvalue weighted by molar-refractivity contribution is 5.98. The number of aromatic nitrogens is 2. The van der Waals surface area contributed by atoms with Crippen molar-refractivity contribution in [1.29, 1.82) is 0 Å². The highest BCUT2D eigenvalue weighted by Crippen LogP contribution is 2.29. The maximum absolute atomic E-state index is 13.3. The Balaban J connectivity index is 1.93. The van der Waals surface area contributed by atoms with Gasteiger partial charge >= 0.3 is 6.18 Å². The second-order valence-electron chi connectivity index (χ2n) is 7.17. The van der Waals surface area contributed by atoms with Crippen LogP contribution in [0.4, 0.5) is 19.0 Å². The predicted molar refractivity (Wildman–Crippen MR) is 111 cm³/mol. The van der Waals surface area contributed by atoms with Crippen molar-refractivity contribution in [2.24, 2.45) is 0 Å². The second-order valence-corrected chi connectivity index (χ2v) is 7.17. The Morgan fingerprint density at radius 2 is 1.97 bits per heavy atom. The lowest BCUT2D eigenvalue weighted by molar-refractivity contribution is -0.137. The van der Waals surface area contributed by atoms with Crippen molar-refractivity contribution in [3.8, 4) is 0 Å². The molecule has 1 amide bonds. The van der Waals surface area contributed by atoms with Crippen molar-refractivity contribution >= 4 is 22.6 Å². The highest BCUT2D eigenvalue weighted by atomic mass is 19.4. The summed E-state index contributed by atoms with van der Waals surface area (Å²) in [7, 11) is 1.48. The molecule has 0 aliphatic heterocycles. The molecule has 0 saturated heterocycles. The second kappa shape index (κ2) is 8.89. The van der Waals surface area contributed by atoms with E-state index in [1.54, 1.807) is 18.2 Å². The minimum Gasteiger partial charge on any atom is -0.383 e. The Labute approximate surface area is 177 Å². The van der Waals surface area contributed by atoms with E-state index in [4.69, 9.17) is 10.5 Å². The van der Waals surface area contributed by atoms with Gasteiger partial charge in [0.1, 0.15) is 12.0 Å². The molecule has 1 unspecified atom stereocenters. The minimum atomic E-state index is -4.47. The molecule has 1 atom stereocenters. The van der Waals surface area contributed by atoms with Crippen LogP contribution in [-0.4, -0.2) is 34.1 Å². The first-order valence-electron chi connectivity index (χ1n) is 9.66. The third kappa shape index (κ3) is 4.93. The summed E-state index contributed by atoms with van der Waals surface area (Å²) < 4.78 is 43.9. The molecule has 3 aromatic rings. The fourth-order valence-corrected chi connectivity index (χ4v) is 3.27. The van der Waals surface area contributed by atoms with Crippen LogP contribution in [0.15, 0.2) is 42.6 Å². The largest absolute Gasteiger partial charge is 0.417 e. The van der Waals surface area contributed by atoms with Crippen LogP contribution in [0.3, 0.4) is 0 Å². The van der Waals surface area contributed by atoms with Crippen LogP contribution in [0.2, 0.25) is 0 Å². The highest BCUT2D eigenvalue weighted by Gasteiger charge is 2.31. The van der Waals surface area contributed by atoms with Gasteiger partial charge in [0.05, 0.1) is 23.3 Å². The number of halogens is 3. The molecule has 2 heterocycles. The van der Waals surface area contributed by atoms with Crippen LogP contribution in [-0.2, 0) is 17.5 Å². The van der Waals surface area contributed by atoms with Gasteiger partial charge in [-0.25, -0.2) is 4.98 Å². The number of carbonyl (C=O) groups excluding carboxylic acids is 1. The van der Waals surface area contributed by atoms with Gasteiger partial charge < -0.3 is 15.4 Å².